The Morgan fingerprint density at radius 2 is 2.04 bits per heavy atom. The van der Waals surface area contributed by atoms with E-state index in [1.54, 1.807) is 0 Å². The lowest BCUT2D eigenvalue weighted by Gasteiger charge is -2.31. The number of likely N-dealkylation sites (tertiary alicyclic amines) is 1. The van der Waals surface area contributed by atoms with Crippen LogP contribution >= 0.6 is 0 Å². The van der Waals surface area contributed by atoms with Crippen LogP contribution in [0.25, 0.3) is 0 Å². The van der Waals surface area contributed by atoms with Crippen molar-refractivity contribution < 1.29 is 9.53 Å². The molecule has 1 aromatic carbocycles. The van der Waals surface area contributed by atoms with Crippen LogP contribution in [0.5, 0.6) is 5.75 Å². The molecule has 2 rings (SSSR count). The zero-order chi connectivity index (χ0) is 16.8. The van der Waals surface area contributed by atoms with Gasteiger partial charge in [0.15, 0.2) is 0 Å². The van der Waals surface area contributed by atoms with Crippen LogP contribution in [-0.2, 0) is 4.79 Å². The Hall–Kier alpha value is -1.55. The van der Waals surface area contributed by atoms with Gasteiger partial charge in [0, 0.05) is 18.6 Å². The van der Waals surface area contributed by atoms with Gasteiger partial charge < -0.3 is 10.1 Å². The molecule has 0 bridgehead atoms. The second-order valence-electron chi connectivity index (χ2n) is 6.71. The largest absolute Gasteiger partial charge is 0.494 e. The fourth-order valence-corrected chi connectivity index (χ4v) is 3.44. The molecule has 4 heteroatoms. The Bertz CT molecular complexity index is 508. The van der Waals surface area contributed by atoms with Gasteiger partial charge >= 0.3 is 0 Å². The molecule has 0 aromatic heterocycles. The monoisotopic (exact) mass is 318 g/mol. The molecule has 1 saturated heterocycles. The highest BCUT2D eigenvalue weighted by Gasteiger charge is 2.33. The SMILES string of the molecule is Cc1cccc(OCCCNC(=O)[C@@H](C)N2[C@H](C)CC[C@@H]2C)c1. The van der Waals surface area contributed by atoms with E-state index >= 15 is 0 Å². The molecule has 0 saturated carbocycles. The van der Waals surface area contributed by atoms with Crippen molar-refractivity contribution in [3.8, 4) is 5.75 Å². The zero-order valence-electron chi connectivity index (χ0n) is 14.8. The Morgan fingerprint density at radius 3 is 2.70 bits per heavy atom. The fraction of sp³-hybridized carbons (Fsp3) is 0.632. The van der Waals surface area contributed by atoms with Crippen molar-refractivity contribution in [3.63, 3.8) is 0 Å². The molecule has 0 spiro atoms. The molecule has 1 fully saturated rings. The normalized spacial score (nSPS) is 22.8. The van der Waals surface area contributed by atoms with E-state index in [1.165, 1.54) is 18.4 Å². The van der Waals surface area contributed by atoms with E-state index < -0.39 is 0 Å². The van der Waals surface area contributed by atoms with Crippen LogP contribution in [0.1, 0.15) is 45.6 Å². The standard InChI is InChI=1S/C19H30N2O2/c1-14-7-5-8-18(13-14)23-12-6-11-20-19(22)17(4)21-15(2)9-10-16(21)3/h5,7-8,13,15-17H,6,9-12H2,1-4H3,(H,20,22)/t15-,16+,17-/m1/s1. The first kappa shape index (κ1) is 17.8. The summed E-state index contributed by atoms with van der Waals surface area (Å²) in [6, 6.07) is 8.97. The molecule has 0 aliphatic carbocycles. The first-order valence-corrected chi connectivity index (χ1v) is 8.73. The third-order valence-electron chi connectivity index (χ3n) is 4.73. The summed E-state index contributed by atoms with van der Waals surface area (Å²) in [4.78, 5) is 14.6. The molecule has 4 nitrogen and oxygen atoms in total. The second-order valence-corrected chi connectivity index (χ2v) is 6.71. The fourth-order valence-electron chi connectivity index (χ4n) is 3.44. The van der Waals surface area contributed by atoms with Gasteiger partial charge in [-0.15, -0.1) is 0 Å². The molecular formula is C19H30N2O2. The van der Waals surface area contributed by atoms with E-state index in [0.717, 1.165) is 12.2 Å². The average Bonchev–Trinajstić information content (AvgIpc) is 2.85. The van der Waals surface area contributed by atoms with E-state index in [9.17, 15) is 4.79 Å². The number of amides is 1. The minimum atomic E-state index is -0.0554. The number of ether oxygens (including phenoxy) is 1. The average molecular weight is 318 g/mol. The molecule has 1 N–H and O–H groups in total. The number of nitrogens with one attached hydrogen (secondary N) is 1. The number of aryl methyl sites for hydroxylation is 1. The van der Waals surface area contributed by atoms with E-state index in [4.69, 9.17) is 4.74 Å². The molecule has 1 heterocycles. The predicted molar refractivity (Wildman–Crippen MR) is 93.8 cm³/mol. The van der Waals surface area contributed by atoms with Crippen LogP contribution in [0, 0.1) is 6.92 Å². The number of hydrogen-bond donors (Lipinski definition) is 1. The van der Waals surface area contributed by atoms with Gasteiger partial charge in [0.1, 0.15) is 5.75 Å². The van der Waals surface area contributed by atoms with Crippen molar-refractivity contribution in [1.29, 1.82) is 0 Å². The van der Waals surface area contributed by atoms with Crippen molar-refractivity contribution in [2.75, 3.05) is 13.2 Å². The Labute approximate surface area is 140 Å². The summed E-state index contributed by atoms with van der Waals surface area (Å²) in [5.74, 6) is 1.02. The Kier molecular flexibility index (Phi) is 6.46. The van der Waals surface area contributed by atoms with Gasteiger partial charge in [-0.3, -0.25) is 9.69 Å². The third kappa shape index (κ3) is 4.96. The lowest BCUT2D eigenvalue weighted by atomic mass is 10.2. The number of hydrogen-bond acceptors (Lipinski definition) is 3. The quantitative estimate of drug-likeness (QED) is 0.785. The summed E-state index contributed by atoms with van der Waals surface area (Å²) < 4.78 is 5.70. The lowest BCUT2D eigenvalue weighted by Crippen LogP contribution is -2.49. The highest BCUT2D eigenvalue weighted by atomic mass is 16.5. The number of carbonyl (C=O) groups is 1. The number of benzene rings is 1. The molecule has 3 atom stereocenters. The molecule has 1 aliphatic rings. The van der Waals surface area contributed by atoms with Gasteiger partial charge in [-0.25, -0.2) is 0 Å². The summed E-state index contributed by atoms with van der Waals surface area (Å²) in [6.07, 6.45) is 3.18. The maximum absolute atomic E-state index is 12.3. The first-order chi connectivity index (χ1) is 11.0. The predicted octanol–water partition coefficient (Wildman–Crippen LogP) is 3.14. The minimum absolute atomic E-state index is 0.0554. The molecule has 128 valence electrons. The number of carbonyl (C=O) groups excluding carboxylic acids is 1. The zero-order valence-corrected chi connectivity index (χ0v) is 14.8. The number of rotatable bonds is 7. The van der Waals surface area contributed by atoms with Gasteiger partial charge in [-0.1, -0.05) is 12.1 Å². The van der Waals surface area contributed by atoms with Crippen molar-refractivity contribution >= 4 is 5.91 Å². The van der Waals surface area contributed by atoms with Gasteiger partial charge in [-0.05, 0) is 64.7 Å². The minimum Gasteiger partial charge on any atom is -0.494 e. The van der Waals surface area contributed by atoms with E-state index in [1.807, 2.05) is 25.1 Å². The Balaban J connectivity index is 1.66. The molecule has 0 unspecified atom stereocenters. The Morgan fingerprint density at radius 1 is 1.35 bits per heavy atom. The summed E-state index contributed by atoms with van der Waals surface area (Å²) >= 11 is 0. The van der Waals surface area contributed by atoms with E-state index in [-0.39, 0.29) is 11.9 Å². The summed E-state index contributed by atoms with van der Waals surface area (Å²) in [5.41, 5.74) is 1.19. The molecular weight excluding hydrogens is 288 g/mol. The maximum atomic E-state index is 12.3. The van der Waals surface area contributed by atoms with Crippen molar-refractivity contribution in [2.24, 2.45) is 0 Å². The van der Waals surface area contributed by atoms with Crippen LogP contribution in [0.3, 0.4) is 0 Å². The molecule has 0 radical (unpaired) electrons. The second kappa shape index (κ2) is 8.34. The highest BCUT2D eigenvalue weighted by Crippen LogP contribution is 2.25. The molecule has 1 aromatic rings. The summed E-state index contributed by atoms with van der Waals surface area (Å²) in [7, 11) is 0. The van der Waals surface area contributed by atoms with Crippen LogP contribution < -0.4 is 10.1 Å². The molecule has 1 amide bonds. The lowest BCUT2D eigenvalue weighted by molar-refractivity contribution is -0.126. The van der Waals surface area contributed by atoms with Crippen molar-refractivity contribution in [1.82, 2.24) is 10.2 Å². The summed E-state index contributed by atoms with van der Waals surface area (Å²) in [6.45, 7) is 9.76. The van der Waals surface area contributed by atoms with Crippen LogP contribution in [0.2, 0.25) is 0 Å². The smallest absolute Gasteiger partial charge is 0.237 e. The maximum Gasteiger partial charge on any atom is 0.237 e. The van der Waals surface area contributed by atoms with Gasteiger partial charge in [0.25, 0.3) is 0 Å². The van der Waals surface area contributed by atoms with Gasteiger partial charge in [-0.2, -0.15) is 0 Å². The molecule has 23 heavy (non-hydrogen) atoms. The van der Waals surface area contributed by atoms with Crippen molar-refractivity contribution in [2.45, 2.75) is 65.1 Å². The number of nitrogens with zero attached hydrogens (tertiary/aromatic N) is 1. The van der Waals surface area contributed by atoms with Crippen LogP contribution in [0.15, 0.2) is 24.3 Å². The van der Waals surface area contributed by atoms with Crippen LogP contribution in [-0.4, -0.2) is 42.1 Å². The van der Waals surface area contributed by atoms with Crippen molar-refractivity contribution in [3.05, 3.63) is 29.8 Å². The van der Waals surface area contributed by atoms with Crippen LogP contribution in [0.4, 0.5) is 0 Å². The molecule has 1 aliphatic heterocycles. The highest BCUT2D eigenvalue weighted by molar-refractivity contribution is 5.81. The third-order valence-corrected chi connectivity index (χ3v) is 4.73. The first-order valence-electron chi connectivity index (χ1n) is 8.73. The van der Waals surface area contributed by atoms with E-state index in [2.05, 4.69) is 37.1 Å². The topological polar surface area (TPSA) is 41.6 Å². The summed E-state index contributed by atoms with van der Waals surface area (Å²) in [5, 5.41) is 3.04. The van der Waals surface area contributed by atoms with Gasteiger partial charge in [0.2, 0.25) is 5.91 Å². The van der Waals surface area contributed by atoms with Gasteiger partial charge in [0.05, 0.1) is 12.6 Å². The van der Waals surface area contributed by atoms with E-state index in [0.29, 0.717) is 25.2 Å².